The molecule has 2 heterocycles. The van der Waals surface area contributed by atoms with Crippen LogP contribution in [0.4, 0.5) is 10.7 Å². The van der Waals surface area contributed by atoms with Gasteiger partial charge in [0.25, 0.3) is 17.7 Å². The van der Waals surface area contributed by atoms with Gasteiger partial charge < -0.3 is 20.7 Å². The van der Waals surface area contributed by atoms with Crippen molar-refractivity contribution in [3.05, 3.63) is 68.2 Å². The third-order valence-electron chi connectivity index (χ3n) is 5.59. The summed E-state index contributed by atoms with van der Waals surface area (Å²) >= 11 is 2.86. The molecule has 1 aromatic carbocycles. The number of rotatable bonds is 9. The molecular weight excluding hydrogens is 470 g/mol. The number of ether oxygens (including phenoxy) is 1. The molecule has 0 unspecified atom stereocenters. The monoisotopic (exact) mass is 497 g/mol. The van der Waals surface area contributed by atoms with Crippen molar-refractivity contribution in [2.75, 3.05) is 30.9 Å². The number of thiophene rings is 2. The average molecular weight is 498 g/mol. The number of aryl methyl sites for hydroxylation is 1. The topological polar surface area (TPSA) is 96.5 Å². The maximum absolute atomic E-state index is 13.0. The maximum atomic E-state index is 13.0. The molecule has 0 radical (unpaired) electrons. The van der Waals surface area contributed by atoms with Crippen molar-refractivity contribution in [1.29, 1.82) is 0 Å². The number of anilines is 2. The predicted octanol–water partition coefficient (Wildman–Crippen LogP) is 4.96. The van der Waals surface area contributed by atoms with Gasteiger partial charge >= 0.3 is 0 Å². The van der Waals surface area contributed by atoms with Gasteiger partial charge in [-0.05, 0) is 73.4 Å². The molecule has 0 fully saturated rings. The molecule has 7 nitrogen and oxygen atoms in total. The highest BCUT2D eigenvalue weighted by atomic mass is 32.1. The van der Waals surface area contributed by atoms with E-state index in [1.165, 1.54) is 27.6 Å². The zero-order valence-electron chi connectivity index (χ0n) is 18.9. The van der Waals surface area contributed by atoms with Crippen molar-refractivity contribution in [3.63, 3.8) is 0 Å². The molecule has 34 heavy (non-hydrogen) atoms. The molecule has 3 amide bonds. The van der Waals surface area contributed by atoms with Crippen molar-refractivity contribution >= 4 is 51.1 Å². The van der Waals surface area contributed by atoms with Gasteiger partial charge in [0, 0.05) is 36.4 Å². The van der Waals surface area contributed by atoms with Gasteiger partial charge in [-0.15, -0.1) is 22.7 Å². The Morgan fingerprint density at radius 2 is 1.76 bits per heavy atom. The van der Waals surface area contributed by atoms with Crippen LogP contribution in [0.1, 0.15) is 60.1 Å². The van der Waals surface area contributed by atoms with Crippen LogP contribution < -0.4 is 16.0 Å². The minimum Gasteiger partial charge on any atom is -0.385 e. The quantitative estimate of drug-likeness (QED) is 0.364. The molecule has 0 spiro atoms. The van der Waals surface area contributed by atoms with E-state index in [1.807, 2.05) is 11.4 Å². The van der Waals surface area contributed by atoms with Crippen LogP contribution in [0, 0.1) is 0 Å². The zero-order chi connectivity index (χ0) is 23.9. The van der Waals surface area contributed by atoms with Crippen molar-refractivity contribution < 1.29 is 19.1 Å². The number of methoxy groups -OCH3 is 1. The first-order valence-corrected chi connectivity index (χ1v) is 12.9. The summed E-state index contributed by atoms with van der Waals surface area (Å²) in [7, 11) is 1.63. The lowest BCUT2D eigenvalue weighted by Gasteiger charge is -2.13. The molecule has 0 atom stereocenters. The molecular formula is C25H27N3O4S2. The summed E-state index contributed by atoms with van der Waals surface area (Å²) in [4.78, 5) is 40.0. The Hall–Kier alpha value is -3.01. The SMILES string of the molecule is COCCCNC(=O)c1c(NC(=O)c2ccc(NC(=O)c3cccs3)cc2)sc2c1CCCC2. The second-order valence-electron chi connectivity index (χ2n) is 7.98. The van der Waals surface area contributed by atoms with Crippen LogP contribution in [-0.4, -0.2) is 38.0 Å². The number of hydrogen-bond donors (Lipinski definition) is 3. The van der Waals surface area contributed by atoms with Gasteiger partial charge in [-0.2, -0.15) is 0 Å². The third-order valence-corrected chi connectivity index (χ3v) is 7.66. The maximum Gasteiger partial charge on any atom is 0.265 e. The summed E-state index contributed by atoms with van der Waals surface area (Å²) in [6.45, 7) is 1.10. The number of amides is 3. The molecule has 2 aromatic heterocycles. The van der Waals surface area contributed by atoms with Crippen LogP contribution in [0.3, 0.4) is 0 Å². The van der Waals surface area contributed by atoms with E-state index in [2.05, 4.69) is 16.0 Å². The van der Waals surface area contributed by atoms with E-state index in [9.17, 15) is 14.4 Å². The highest BCUT2D eigenvalue weighted by molar-refractivity contribution is 7.17. The largest absolute Gasteiger partial charge is 0.385 e. The van der Waals surface area contributed by atoms with E-state index in [4.69, 9.17) is 4.74 Å². The van der Waals surface area contributed by atoms with Gasteiger partial charge in [-0.3, -0.25) is 14.4 Å². The van der Waals surface area contributed by atoms with Gasteiger partial charge in [0.2, 0.25) is 0 Å². The second-order valence-corrected chi connectivity index (χ2v) is 10.0. The van der Waals surface area contributed by atoms with E-state index in [1.54, 1.807) is 37.4 Å². The highest BCUT2D eigenvalue weighted by Crippen LogP contribution is 2.38. The number of carbonyl (C=O) groups is 3. The Morgan fingerprint density at radius 1 is 0.971 bits per heavy atom. The first-order chi connectivity index (χ1) is 16.6. The van der Waals surface area contributed by atoms with Gasteiger partial charge in [-0.25, -0.2) is 0 Å². The highest BCUT2D eigenvalue weighted by Gasteiger charge is 2.26. The standard InChI is InChI=1S/C25H27N3O4S2/c1-32-14-5-13-26-24(31)21-18-6-2-3-7-19(18)34-25(21)28-22(29)16-9-11-17(12-10-16)27-23(30)20-8-4-15-33-20/h4,8-12,15H,2-3,5-7,13-14H2,1H3,(H,26,31)(H,27,30)(H,28,29). The molecule has 3 N–H and O–H groups in total. The lowest BCUT2D eigenvalue weighted by Crippen LogP contribution is -2.27. The minimum atomic E-state index is -0.289. The van der Waals surface area contributed by atoms with Crippen LogP contribution >= 0.6 is 22.7 Å². The minimum absolute atomic E-state index is 0.155. The molecule has 1 aliphatic rings. The van der Waals surface area contributed by atoms with Crippen LogP contribution in [0.5, 0.6) is 0 Å². The van der Waals surface area contributed by atoms with Gasteiger partial charge in [-0.1, -0.05) is 6.07 Å². The average Bonchev–Trinajstić information content (AvgIpc) is 3.50. The Bertz CT molecular complexity index is 1150. The Morgan fingerprint density at radius 3 is 2.50 bits per heavy atom. The molecule has 0 bridgehead atoms. The van der Waals surface area contributed by atoms with Crippen LogP contribution in [0.2, 0.25) is 0 Å². The van der Waals surface area contributed by atoms with Crippen LogP contribution in [-0.2, 0) is 17.6 Å². The molecule has 4 rings (SSSR count). The molecule has 0 aliphatic heterocycles. The number of benzene rings is 1. The van der Waals surface area contributed by atoms with E-state index < -0.39 is 0 Å². The summed E-state index contributed by atoms with van der Waals surface area (Å²) in [5, 5.41) is 11.2. The van der Waals surface area contributed by atoms with E-state index in [-0.39, 0.29) is 17.7 Å². The fourth-order valence-corrected chi connectivity index (χ4v) is 5.78. The van der Waals surface area contributed by atoms with E-state index >= 15 is 0 Å². The van der Waals surface area contributed by atoms with Crippen molar-refractivity contribution in [2.45, 2.75) is 32.1 Å². The summed E-state index contributed by atoms with van der Waals surface area (Å²) in [6, 6.07) is 10.3. The fraction of sp³-hybridized carbons (Fsp3) is 0.320. The lowest BCUT2D eigenvalue weighted by atomic mass is 9.95. The number of carbonyl (C=O) groups excluding carboxylic acids is 3. The molecule has 1 aliphatic carbocycles. The predicted molar refractivity (Wildman–Crippen MR) is 136 cm³/mol. The van der Waals surface area contributed by atoms with Crippen LogP contribution in [0.15, 0.2) is 41.8 Å². The van der Waals surface area contributed by atoms with Crippen molar-refractivity contribution in [1.82, 2.24) is 5.32 Å². The Kier molecular flexibility index (Phi) is 8.10. The smallest absolute Gasteiger partial charge is 0.265 e. The van der Waals surface area contributed by atoms with Gasteiger partial charge in [0.15, 0.2) is 0 Å². The molecule has 3 aromatic rings. The van der Waals surface area contributed by atoms with Gasteiger partial charge in [0.05, 0.1) is 10.4 Å². The van der Waals surface area contributed by atoms with Crippen molar-refractivity contribution in [3.8, 4) is 0 Å². The Balaban J connectivity index is 1.46. The molecule has 9 heteroatoms. The molecule has 0 saturated heterocycles. The summed E-state index contributed by atoms with van der Waals surface area (Å²) < 4.78 is 5.05. The molecule has 178 valence electrons. The zero-order valence-corrected chi connectivity index (χ0v) is 20.6. The van der Waals surface area contributed by atoms with Crippen molar-refractivity contribution in [2.24, 2.45) is 0 Å². The second kappa shape index (κ2) is 11.4. The number of nitrogens with one attached hydrogen (secondary N) is 3. The first-order valence-electron chi connectivity index (χ1n) is 11.2. The number of hydrogen-bond acceptors (Lipinski definition) is 6. The van der Waals surface area contributed by atoms with Gasteiger partial charge in [0.1, 0.15) is 5.00 Å². The third kappa shape index (κ3) is 5.72. The summed E-state index contributed by atoms with van der Waals surface area (Å²) in [5.74, 6) is -0.627. The van der Waals surface area contributed by atoms with E-state index in [0.29, 0.717) is 39.8 Å². The summed E-state index contributed by atoms with van der Waals surface area (Å²) in [6.07, 6.45) is 4.64. The fourth-order valence-electron chi connectivity index (χ4n) is 3.88. The van der Waals surface area contributed by atoms with Crippen LogP contribution in [0.25, 0.3) is 0 Å². The lowest BCUT2D eigenvalue weighted by molar-refractivity contribution is 0.0948. The normalized spacial score (nSPS) is 12.6. The summed E-state index contributed by atoms with van der Waals surface area (Å²) in [5.41, 5.74) is 2.71. The van der Waals surface area contributed by atoms with E-state index in [0.717, 1.165) is 37.7 Å². The number of fused-ring (bicyclic) bond motifs is 1. The first kappa shape index (κ1) is 24.1. The molecule has 0 saturated carbocycles. The Labute approximate surface area is 206 Å².